The van der Waals surface area contributed by atoms with Gasteiger partial charge >= 0.3 is 0 Å². The Hall–Kier alpha value is -0.870. The minimum atomic E-state index is 0. The lowest BCUT2D eigenvalue weighted by Crippen LogP contribution is -2.03. The van der Waals surface area contributed by atoms with Crippen molar-refractivity contribution in [2.45, 2.75) is 25.5 Å². The third-order valence-electron chi connectivity index (χ3n) is 2.08. The number of nitrogens with two attached hydrogens (primary N) is 1. The van der Waals surface area contributed by atoms with Crippen molar-refractivity contribution in [3.63, 3.8) is 0 Å². The minimum Gasteiger partial charge on any atom is -0.494 e. The van der Waals surface area contributed by atoms with Gasteiger partial charge in [-0.15, -0.1) is 12.4 Å². The molecular formula is C12H19ClN2OS. The van der Waals surface area contributed by atoms with Crippen LogP contribution in [0.15, 0.2) is 24.3 Å². The van der Waals surface area contributed by atoms with Gasteiger partial charge in [0.05, 0.1) is 6.61 Å². The van der Waals surface area contributed by atoms with E-state index in [-0.39, 0.29) is 17.6 Å². The molecule has 0 unspecified atom stereocenters. The van der Waals surface area contributed by atoms with Crippen molar-refractivity contribution in [3.05, 3.63) is 29.8 Å². The van der Waals surface area contributed by atoms with Gasteiger partial charge in [0.15, 0.2) is 5.17 Å². The molecule has 0 aliphatic carbocycles. The van der Waals surface area contributed by atoms with E-state index in [1.54, 1.807) is 0 Å². The van der Waals surface area contributed by atoms with Crippen LogP contribution in [-0.4, -0.2) is 11.8 Å². The largest absolute Gasteiger partial charge is 0.494 e. The molecule has 0 fully saturated rings. The summed E-state index contributed by atoms with van der Waals surface area (Å²) in [5.41, 5.74) is 6.43. The topological polar surface area (TPSA) is 59.1 Å². The smallest absolute Gasteiger partial charge is 0.151 e. The van der Waals surface area contributed by atoms with Crippen molar-refractivity contribution in [2.75, 3.05) is 6.61 Å². The fraction of sp³-hybridized carbons (Fsp3) is 0.417. The first-order valence-corrected chi connectivity index (χ1v) is 6.39. The zero-order valence-corrected chi connectivity index (χ0v) is 11.6. The lowest BCUT2D eigenvalue weighted by Gasteiger charge is -2.06. The molecule has 0 radical (unpaired) electrons. The summed E-state index contributed by atoms with van der Waals surface area (Å²) in [6.45, 7) is 2.92. The Kier molecular flexibility index (Phi) is 8.72. The fourth-order valence-corrected chi connectivity index (χ4v) is 1.69. The van der Waals surface area contributed by atoms with Crippen LogP contribution in [0.2, 0.25) is 0 Å². The molecule has 1 aromatic rings. The van der Waals surface area contributed by atoms with Crippen molar-refractivity contribution in [2.24, 2.45) is 5.73 Å². The number of rotatable bonds is 6. The number of benzene rings is 1. The van der Waals surface area contributed by atoms with Gasteiger partial charge in [-0.05, 0) is 24.1 Å². The number of hydrogen-bond acceptors (Lipinski definition) is 3. The zero-order chi connectivity index (χ0) is 11.8. The van der Waals surface area contributed by atoms with Gasteiger partial charge in [-0.2, -0.15) is 0 Å². The highest BCUT2D eigenvalue weighted by molar-refractivity contribution is 8.13. The third kappa shape index (κ3) is 7.13. The van der Waals surface area contributed by atoms with E-state index in [1.165, 1.54) is 11.8 Å². The van der Waals surface area contributed by atoms with Crippen molar-refractivity contribution in [3.8, 4) is 5.75 Å². The molecule has 96 valence electrons. The van der Waals surface area contributed by atoms with E-state index >= 15 is 0 Å². The van der Waals surface area contributed by atoms with Gasteiger partial charge in [0.25, 0.3) is 0 Å². The minimum absolute atomic E-state index is 0. The first-order chi connectivity index (χ1) is 7.72. The Labute approximate surface area is 113 Å². The predicted octanol–water partition coefficient (Wildman–Crippen LogP) is 3.41. The van der Waals surface area contributed by atoms with Crippen LogP contribution in [0.5, 0.6) is 5.75 Å². The summed E-state index contributed by atoms with van der Waals surface area (Å²) < 4.78 is 5.55. The molecule has 17 heavy (non-hydrogen) atoms. The molecule has 0 bridgehead atoms. The van der Waals surface area contributed by atoms with E-state index in [9.17, 15) is 0 Å². The Morgan fingerprint density at radius 3 is 2.53 bits per heavy atom. The lowest BCUT2D eigenvalue weighted by atomic mass is 10.2. The number of ether oxygens (including phenoxy) is 1. The average molecular weight is 275 g/mol. The summed E-state index contributed by atoms with van der Waals surface area (Å²) in [4.78, 5) is 0. The van der Waals surface area contributed by atoms with E-state index in [1.807, 2.05) is 24.3 Å². The molecule has 0 aliphatic rings. The van der Waals surface area contributed by atoms with E-state index in [2.05, 4.69) is 6.92 Å². The Bertz CT molecular complexity index is 330. The Balaban J connectivity index is 0.00000256. The lowest BCUT2D eigenvalue weighted by molar-refractivity contribution is 0.309. The van der Waals surface area contributed by atoms with Crippen LogP contribution in [-0.2, 0) is 5.75 Å². The summed E-state index contributed by atoms with van der Waals surface area (Å²) in [6, 6.07) is 7.95. The van der Waals surface area contributed by atoms with Crippen LogP contribution in [0, 0.1) is 5.41 Å². The number of amidine groups is 1. The van der Waals surface area contributed by atoms with Gasteiger partial charge in [0.2, 0.25) is 0 Å². The van der Waals surface area contributed by atoms with Gasteiger partial charge in [-0.3, -0.25) is 5.41 Å². The zero-order valence-electron chi connectivity index (χ0n) is 9.94. The highest BCUT2D eigenvalue weighted by Crippen LogP contribution is 2.16. The third-order valence-corrected chi connectivity index (χ3v) is 2.87. The second-order valence-electron chi connectivity index (χ2n) is 3.50. The molecule has 0 aliphatic heterocycles. The van der Waals surface area contributed by atoms with Crippen molar-refractivity contribution in [1.29, 1.82) is 5.41 Å². The second kappa shape index (κ2) is 9.19. The number of thioether (sulfide) groups is 1. The van der Waals surface area contributed by atoms with Crippen LogP contribution in [0.25, 0.3) is 0 Å². The number of halogens is 1. The molecule has 0 saturated carbocycles. The monoisotopic (exact) mass is 274 g/mol. The van der Waals surface area contributed by atoms with Gasteiger partial charge in [-0.25, -0.2) is 0 Å². The van der Waals surface area contributed by atoms with Gasteiger partial charge in [-0.1, -0.05) is 37.2 Å². The molecule has 0 atom stereocenters. The standard InChI is InChI=1S/C12H18N2OS.ClH/c1-2-3-8-15-11-6-4-10(5-7-11)9-16-12(13)14;/h4-7H,2-3,8-9H2,1H3,(H3,13,14);1H. The molecule has 0 spiro atoms. The summed E-state index contributed by atoms with van der Waals surface area (Å²) >= 11 is 1.33. The van der Waals surface area contributed by atoms with Gasteiger partial charge in [0, 0.05) is 5.75 Å². The van der Waals surface area contributed by atoms with Gasteiger partial charge in [0.1, 0.15) is 5.75 Å². The Morgan fingerprint density at radius 2 is 2.00 bits per heavy atom. The molecule has 5 heteroatoms. The molecule has 3 N–H and O–H groups in total. The summed E-state index contributed by atoms with van der Waals surface area (Å²) in [5, 5.41) is 7.27. The maximum absolute atomic E-state index is 7.11. The number of hydrogen-bond donors (Lipinski definition) is 2. The number of unbranched alkanes of at least 4 members (excludes halogenated alkanes) is 1. The maximum Gasteiger partial charge on any atom is 0.151 e. The van der Waals surface area contributed by atoms with Crippen molar-refractivity contribution in [1.82, 2.24) is 0 Å². The molecule has 0 amide bonds. The van der Waals surface area contributed by atoms with E-state index in [0.717, 1.165) is 36.5 Å². The molecular weight excluding hydrogens is 256 g/mol. The molecule has 1 rings (SSSR count). The molecule has 1 aromatic carbocycles. The molecule has 0 aromatic heterocycles. The summed E-state index contributed by atoms with van der Waals surface area (Å²) in [7, 11) is 0. The number of nitrogens with one attached hydrogen (secondary N) is 1. The maximum atomic E-state index is 7.11. The van der Waals surface area contributed by atoms with Gasteiger partial charge < -0.3 is 10.5 Å². The van der Waals surface area contributed by atoms with Crippen molar-refractivity contribution >= 4 is 29.3 Å². The van der Waals surface area contributed by atoms with Crippen LogP contribution in [0.3, 0.4) is 0 Å². The van der Waals surface area contributed by atoms with Crippen LogP contribution in [0.1, 0.15) is 25.3 Å². The van der Waals surface area contributed by atoms with Crippen LogP contribution >= 0.6 is 24.2 Å². The SMILES string of the molecule is CCCCOc1ccc(CSC(=N)N)cc1.Cl. The predicted molar refractivity (Wildman–Crippen MR) is 77.3 cm³/mol. The van der Waals surface area contributed by atoms with E-state index < -0.39 is 0 Å². The first-order valence-electron chi connectivity index (χ1n) is 5.41. The van der Waals surface area contributed by atoms with Crippen LogP contribution < -0.4 is 10.5 Å². The Morgan fingerprint density at radius 1 is 1.35 bits per heavy atom. The molecule has 3 nitrogen and oxygen atoms in total. The van der Waals surface area contributed by atoms with E-state index in [4.69, 9.17) is 15.9 Å². The summed E-state index contributed by atoms with van der Waals surface area (Å²) in [5.74, 6) is 1.65. The quantitative estimate of drug-likeness (QED) is 0.475. The van der Waals surface area contributed by atoms with E-state index in [0.29, 0.717) is 0 Å². The highest BCUT2D eigenvalue weighted by atomic mass is 35.5. The normalized spacial score (nSPS) is 9.47. The van der Waals surface area contributed by atoms with Crippen molar-refractivity contribution < 1.29 is 4.74 Å². The molecule has 0 heterocycles. The van der Waals surface area contributed by atoms with Crippen LogP contribution in [0.4, 0.5) is 0 Å². The fourth-order valence-electron chi connectivity index (χ4n) is 1.18. The summed E-state index contributed by atoms with van der Waals surface area (Å²) in [6.07, 6.45) is 2.23. The average Bonchev–Trinajstić information content (AvgIpc) is 2.28. The highest BCUT2D eigenvalue weighted by Gasteiger charge is 1.97. The first kappa shape index (κ1) is 16.1. The second-order valence-corrected chi connectivity index (χ2v) is 4.52. The molecule has 0 saturated heterocycles.